The summed E-state index contributed by atoms with van der Waals surface area (Å²) in [6.45, 7) is 8.33. The Bertz CT molecular complexity index is 378. The van der Waals surface area contributed by atoms with Crippen molar-refractivity contribution in [1.29, 1.82) is 0 Å². The van der Waals surface area contributed by atoms with Crippen LogP contribution in [0.4, 0.5) is 0 Å². The lowest BCUT2D eigenvalue weighted by Gasteiger charge is -2.18. The summed E-state index contributed by atoms with van der Waals surface area (Å²) in [5.41, 5.74) is 3.57. The van der Waals surface area contributed by atoms with Crippen LogP contribution in [0.2, 0.25) is 0 Å². The van der Waals surface area contributed by atoms with E-state index in [1.165, 1.54) is 12.8 Å². The maximum absolute atomic E-state index is 11.1. The first kappa shape index (κ1) is 12.4. The third kappa shape index (κ3) is 2.31. The normalized spacial score (nSPS) is 33.2. The highest BCUT2D eigenvalue weighted by atomic mass is 16.4. The second kappa shape index (κ2) is 4.67. The fraction of sp³-hybridized carbons (Fsp3) is 0.667. The van der Waals surface area contributed by atoms with Crippen molar-refractivity contribution in [3.63, 3.8) is 0 Å². The molecule has 0 aromatic rings. The lowest BCUT2D eigenvalue weighted by molar-refractivity contribution is -0.133. The number of carbonyl (C=O) groups is 1. The van der Waals surface area contributed by atoms with E-state index in [0.717, 1.165) is 19.3 Å². The molecule has 0 fully saturated rings. The Morgan fingerprint density at radius 2 is 1.82 bits per heavy atom. The van der Waals surface area contributed by atoms with Crippen LogP contribution in [0.15, 0.2) is 23.3 Å². The summed E-state index contributed by atoms with van der Waals surface area (Å²) in [6, 6.07) is 0. The van der Waals surface area contributed by atoms with Gasteiger partial charge >= 0.3 is 5.97 Å². The summed E-state index contributed by atoms with van der Waals surface area (Å²) in [4.78, 5) is 11.1. The van der Waals surface area contributed by atoms with E-state index in [1.807, 2.05) is 0 Å². The fourth-order valence-electron chi connectivity index (χ4n) is 3.38. The Kier molecular flexibility index (Phi) is 3.41. The summed E-state index contributed by atoms with van der Waals surface area (Å²) in [6.07, 6.45) is 5.51. The molecule has 2 heteroatoms. The maximum atomic E-state index is 11.1. The van der Waals surface area contributed by atoms with Crippen molar-refractivity contribution < 1.29 is 9.90 Å². The molecule has 0 unspecified atom stereocenters. The third-order valence-corrected chi connectivity index (χ3v) is 4.63. The van der Waals surface area contributed by atoms with Gasteiger partial charge in [-0.1, -0.05) is 31.6 Å². The number of hydrogen-bond donors (Lipinski definition) is 1. The van der Waals surface area contributed by atoms with E-state index in [9.17, 15) is 4.79 Å². The highest BCUT2D eigenvalue weighted by molar-refractivity contribution is 5.86. The Balaban J connectivity index is 2.22. The summed E-state index contributed by atoms with van der Waals surface area (Å²) >= 11 is 0. The standard InChI is InChI=1S/C15H22O2/c1-9-4-6-12(11(3)15(16)17)8-14-10(2)5-7-13(9)14/h9-10,12H,3-8H2,1-2H3,(H,16,17)/t9-,10-,12+/m0/s1. The highest BCUT2D eigenvalue weighted by Crippen LogP contribution is 2.45. The zero-order valence-corrected chi connectivity index (χ0v) is 10.8. The zero-order valence-electron chi connectivity index (χ0n) is 10.8. The summed E-state index contributed by atoms with van der Waals surface area (Å²) in [7, 11) is 0. The van der Waals surface area contributed by atoms with Gasteiger partial charge < -0.3 is 5.11 Å². The van der Waals surface area contributed by atoms with Crippen LogP contribution in [0, 0.1) is 17.8 Å². The number of hydrogen-bond acceptors (Lipinski definition) is 1. The Morgan fingerprint density at radius 1 is 1.18 bits per heavy atom. The number of rotatable bonds is 2. The van der Waals surface area contributed by atoms with Gasteiger partial charge in [-0.05, 0) is 49.9 Å². The van der Waals surface area contributed by atoms with Gasteiger partial charge in [0.1, 0.15) is 0 Å². The Hall–Kier alpha value is -1.05. The smallest absolute Gasteiger partial charge is 0.331 e. The van der Waals surface area contributed by atoms with Gasteiger partial charge in [0, 0.05) is 5.57 Å². The molecule has 2 aliphatic rings. The first-order valence-electron chi connectivity index (χ1n) is 6.64. The van der Waals surface area contributed by atoms with Crippen LogP contribution in [0.3, 0.4) is 0 Å². The van der Waals surface area contributed by atoms with Gasteiger partial charge in [0.25, 0.3) is 0 Å². The molecule has 0 radical (unpaired) electrons. The first-order chi connectivity index (χ1) is 8.00. The molecule has 0 saturated carbocycles. The van der Waals surface area contributed by atoms with Gasteiger partial charge in [-0.25, -0.2) is 4.79 Å². The predicted octanol–water partition coefficient (Wildman–Crippen LogP) is 3.79. The fourth-order valence-corrected chi connectivity index (χ4v) is 3.38. The molecule has 17 heavy (non-hydrogen) atoms. The number of allylic oxidation sites excluding steroid dienone is 2. The van der Waals surface area contributed by atoms with Crippen LogP contribution in [0.25, 0.3) is 0 Å². The van der Waals surface area contributed by atoms with Gasteiger partial charge in [-0.3, -0.25) is 0 Å². The molecular weight excluding hydrogens is 212 g/mol. The zero-order chi connectivity index (χ0) is 12.6. The van der Waals surface area contributed by atoms with Crippen LogP contribution in [0.5, 0.6) is 0 Å². The molecule has 2 nitrogen and oxygen atoms in total. The third-order valence-electron chi connectivity index (χ3n) is 4.63. The van der Waals surface area contributed by atoms with Crippen molar-refractivity contribution in [3.05, 3.63) is 23.3 Å². The molecule has 1 N–H and O–H groups in total. The molecule has 0 aromatic carbocycles. The van der Waals surface area contributed by atoms with Crippen molar-refractivity contribution in [3.8, 4) is 0 Å². The van der Waals surface area contributed by atoms with Gasteiger partial charge in [-0.15, -0.1) is 0 Å². The number of carboxylic acids is 1. The van der Waals surface area contributed by atoms with Crippen molar-refractivity contribution in [2.24, 2.45) is 17.8 Å². The van der Waals surface area contributed by atoms with E-state index in [-0.39, 0.29) is 5.92 Å². The second-order valence-electron chi connectivity index (χ2n) is 5.70. The monoisotopic (exact) mass is 234 g/mol. The van der Waals surface area contributed by atoms with E-state index in [0.29, 0.717) is 17.4 Å². The minimum atomic E-state index is -0.822. The molecule has 3 atom stereocenters. The van der Waals surface area contributed by atoms with Crippen molar-refractivity contribution in [2.75, 3.05) is 0 Å². The van der Waals surface area contributed by atoms with Crippen LogP contribution < -0.4 is 0 Å². The molecule has 2 rings (SSSR count). The van der Waals surface area contributed by atoms with Crippen LogP contribution in [0.1, 0.15) is 46.0 Å². The molecule has 0 amide bonds. The van der Waals surface area contributed by atoms with Gasteiger partial charge in [0.2, 0.25) is 0 Å². The SMILES string of the molecule is C=C(C(=O)O)[C@@H]1CC[C@H](C)C2=C(C1)[C@@H](C)CC2. The first-order valence-corrected chi connectivity index (χ1v) is 6.64. The van der Waals surface area contributed by atoms with Crippen LogP contribution in [-0.2, 0) is 4.79 Å². The van der Waals surface area contributed by atoms with E-state index >= 15 is 0 Å². The number of carboxylic acid groups (broad SMARTS) is 1. The minimum absolute atomic E-state index is 0.156. The Morgan fingerprint density at radius 3 is 2.47 bits per heavy atom. The molecule has 0 saturated heterocycles. The summed E-state index contributed by atoms with van der Waals surface area (Å²) < 4.78 is 0. The van der Waals surface area contributed by atoms with Crippen molar-refractivity contribution >= 4 is 5.97 Å². The minimum Gasteiger partial charge on any atom is -0.478 e. The van der Waals surface area contributed by atoms with Crippen molar-refractivity contribution in [1.82, 2.24) is 0 Å². The molecule has 0 bridgehead atoms. The van der Waals surface area contributed by atoms with Gasteiger partial charge in [0.15, 0.2) is 0 Å². The predicted molar refractivity (Wildman–Crippen MR) is 68.7 cm³/mol. The largest absolute Gasteiger partial charge is 0.478 e. The lowest BCUT2D eigenvalue weighted by atomic mass is 9.87. The lowest BCUT2D eigenvalue weighted by Crippen LogP contribution is -2.13. The average molecular weight is 234 g/mol. The quantitative estimate of drug-likeness (QED) is 0.583. The summed E-state index contributed by atoms with van der Waals surface area (Å²) in [5, 5.41) is 9.08. The van der Waals surface area contributed by atoms with Crippen LogP contribution in [-0.4, -0.2) is 11.1 Å². The van der Waals surface area contributed by atoms with Crippen molar-refractivity contribution in [2.45, 2.75) is 46.0 Å². The Labute approximate surface area is 103 Å². The van der Waals surface area contributed by atoms with Gasteiger partial charge in [-0.2, -0.15) is 0 Å². The molecular formula is C15H22O2. The van der Waals surface area contributed by atoms with E-state index in [2.05, 4.69) is 20.4 Å². The van der Waals surface area contributed by atoms with Crippen LogP contribution >= 0.6 is 0 Å². The maximum Gasteiger partial charge on any atom is 0.331 e. The molecule has 0 spiro atoms. The van der Waals surface area contributed by atoms with Gasteiger partial charge in [0.05, 0.1) is 0 Å². The second-order valence-corrected chi connectivity index (χ2v) is 5.70. The average Bonchev–Trinajstić information content (AvgIpc) is 2.55. The molecule has 0 aromatic heterocycles. The van der Waals surface area contributed by atoms with E-state index in [1.54, 1.807) is 11.1 Å². The van der Waals surface area contributed by atoms with E-state index in [4.69, 9.17) is 5.11 Å². The number of aliphatic carboxylic acids is 1. The highest BCUT2D eigenvalue weighted by Gasteiger charge is 2.32. The summed E-state index contributed by atoms with van der Waals surface area (Å²) in [5.74, 6) is 0.622. The van der Waals surface area contributed by atoms with E-state index < -0.39 is 5.97 Å². The molecule has 0 heterocycles. The molecule has 2 aliphatic carbocycles. The molecule has 94 valence electrons. The molecule has 0 aliphatic heterocycles. The topological polar surface area (TPSA) is 37.3 Å².